The van der Waals surface area contributed by atoms with Crippen molar-refractivity contribution in [3.63, 3.8) is 0 Å². The third kappa shape index (κ3) is 5.70. The van der Waals surface area contributed by atoms with Crippen LogP contribution in [0.1, 0.15) is 22.6 Å². The van der Waals surface area contributed by atoms with Gasteiger partial charge in [0.05, 0.1) is 17.9 Å². The van der Waals surface area contributed by atoms with Gasteiger partial charge in [0.2, 0.25) is 0 Å². The molecule has 0 aliphatic rings. The highest BCUT2D eigenvalue weighted by atomic mass is 35.5. The molecular formula is C16H19ClF3N5O. The monoisotopic (exact) mass is 389 g/mol. The van der Waals surface area contributed by atoms with E-state index in [4.69, 9.17) is 11.6 Å². The maximum absolute atomic E-state index is 12.2. The molecule has 10 heteroatoms. The van der Waals surface area contributed by atoms with Crippen molar-refractivity contribution in [2.45, 2.75) is 19.5 Å². The number of hydrogen-bond acceptors (Lipinski definition) is 4. The van der Waals surface area contributed by atoms with Gasteiger partial charge in [0, 0.05) is 11.6 Å². The van der Waals surface area contributed by atoms with Crippen LogP contribution < -0.4 is 5.32 Å². The topological polar surface area (TPSA) is 63.1 Å². The van der Waals surface area contributed by atoms with Crippen LogP contribution in [0.15, 0.2) is 24.3 Å². The van der Waals surface area contributed by atoms with Gasteiger partial charge < -0.3 is 5.32 Å². The van der Waals surface area contributed by atoms with Crippen molar-refractivity contribution in [3.8, 4) is 5.69 Å². The lowest BCUT2D eigenvalue weighted by Crippen LogP contribution is -2.34. The van der Waals surface area contributed by atoms with Crippen LogP contribution in [0.2, 0.25) is 5.02 Å². The molecule has 1 heterocycles. The van der Waals surface area contributed by atoms with Crippen molar-refractivity contribution >= 4 is 17.5 Å². The van der Waals surface area contributed by atoms with E-state index in [1.807, 2.05) is 0 Å². The van der Waals surface area contributed by atoms with E-state index in [1.54, 1.807) is 31.2 Å². The number of halogens is 4. The Morgan fingerprint density at radius 1 is 1.38 bits per heavy atom. The van der Waals surface area contributed by atoms with E-state index >= 15 is 0 Å². The molecular weight excluding hydrogens is 371 g/mol. The number of hydrogen-bond donors (Lipinski definition) is 1. The molecule has 1 amide bonds. The van der Waals surface area contributed by atoms with Gasteiger partial charge in [-0.1, -0.05) is 22.9 Å². The van der Waals surface area contributed by atoms with Gasteiger partial charge in [-0.15, -0.1) is 5.10 Å². The molecule has 0 atom stereocenters. The largest absolute Gasteiger partial charge is 0.401 e. The molecule has 0 bridgehead atoms. The summed E-state index contributed by atoms with van der Waals surface area (Å²) in [5.41, 5.74) is 1.38. The molecule has 6 nitrogen and oxygen atoms in total. The molecule has 0 saturated heterocycles. The summed E-state index contributed by atoms with van der Waals surface area (Å²) in [6.07, 6.45) is -3.84. The number of carbonyl (C=O) groups excluding carboxylic acids is 1. The Labute approximate surface area is 153 Å². The van der Waals surface area contributed by atoms with Crippen molar-refractivity contribution in [2.24, 2.45) is 0 Å². The van der Waals surface area contributed by atoms with Crippen molar-refractivity contribution in [2.75, 3.05) is 26.7 Å². The van der Waals surface area contributed by atoms with Gasteiger partial charge in [0.1, 0.15) is 0 Å². The predicted molar refractivity (Wildman–Crippen MR) is 91.6 cm³/mol. The van der Waals surface area contributed by atoms with E-state index in [1.165, 1.54) is 11.7 Å². The number of alkyl halides is 3. The summed E-state index contributed by atoms with van der Waals surface area (Å²) < 4.78 is 38.2. The third-order valence-electron chi connectivity index (χ3n) is 3.61. The Morgan fingerprint density at radius 3 is 2.77 bits per heavy atom. The Bertz CT molecular complexity index is 763. The third-order valence-corrected chi connectivity index (χ3v) is 3.85. The molecule has 0 saturated carbocycles. The lowest BCUT2D eigenvalue weighted by molar-refractivity contribution is -0.143. The molecule has 0 aliphatic heterocycles. The van der Waals surface area contributed by atoms with Crippen LogP contribution in [0.3, 0.4) is 0 Å². The van der Waals surface area contributed by atoms with Crippen molar-refractivity contribution in [1.82, 2.24) is 25.2 Å². The highest BCUT2D eigenvalue weighted by molar-refractivity contribution is 6.30. The fourth-order valence-electron chi connectivity index (χ4n) is 2.41. The molecule has 2 aromatic rings. The van der Waals surface area contributed by atoms with Gasteiger partial charge in [-0.2, -0.15) is 13.2 Å². The fraction of sp³-hybridized carbons (Fsp3) is 0.438. The molecule has 0 fully saturated rings. The molecule has 0 unspecified atom stereocenters. The van der Waals surface area contributed by atoms with Crippen LogP contribution >= 0.6 is 11.6 Å². The van der Waals surface area contributed by atoms with Gasteiger partial charge in [-0.05, 0) is 45.1 Å². The van der Waals surface area contributed by atoms with Crippen LogP contribution in [0, 0.1) is 6.92 Å². The number of amides is 1. The van der Waals surface area contributed by atoms with Crippen LogP contribution in [-0.2, 0) is 0 Å². The van der Waals surface area contributed by atoms with E-state index in [9.17, 15) is 18.0 Å². The average molecular weight is 390 g/mol. The molecule has 142 valence electrons. The summed E-state index contributed by atoms with van der Waals surface area (Å²) in [4.78, 5) is 13.4. The molecule has 1 aromatic carbocycles. The Kier molecular flexibility index (Phi) is 6.60. The van der Waals surface area contributed by atoms with Crippen LogP contribution in [0.4, 0.5) is 13.2 Å². The first kappa shape index (κ1) is 20.2. The number of carbonyl (C=O) groups is 1. The summed E-state index contributed by atoms with van der Waals surface area (Å²) in [5.74, 6) is -0.422. The Morgan fingerprint density at radius 2 is 2.12 bits per heavy atom. The van der Waals surface area contributed by atoms with E-state index in [0.29, 0.717) is 22.8 Å². The summed E-state index contributed by atoms with van der Waals surface area (Å²) >= 11 is 5.95. The quantitative estimate of drug-likeness (QED) is 0.740. The second-order valence-corrected chi connectivity index (χ2v) is 6.31. The summed E-state index contributed by atoms with van der Waals surface area (Å²) in [6, 6.07) is 6.96. The molecule has 0 aliphatic carbocycles. The smallest absolute Gasteiger partial charge is 0.351 e. The minimum Gasteiger partial charge on any atom is -0.351 e. The molecule has 2 rings (SSSR count). The molecule has 0 radical (unpaired) electrons. The van der Waals surface area contributed by atoms with Crippen molar-refractivity contribution < 1.29 is 18.0 Å². The highest BCUT2D eigenvalue weighted by Crippen LogP contribution is 2.17. The second-order valence-electron chi connectivity index (χ2n) is 5.88. The van der Waals surface area contributed by atoms with Crippen molar-refractivity contribution in [1.29, 1.82) is 0 Å². The average Bonchev–Trinajstić information content (AvgIpc) is 2.91. The van der Waals surface area contributed by atoms with Crippen LogP contribution in [0.5, 0.6) is 0 Å². The van der Waals surface area contributed by atoms with E-state index in [2.05, 4.69) is 15.6 Å². The number of nitrogens with one attached hydrogen (secondary N) is 1. The lowest BCUT2D eigenvalue weighted by Gasteiger charge is -2.18. The predicted octanol–water partition coefficient (Wildman–Crippen LogP) is 2.84. The normalized spacial score (nSPS) is 11.8. The van der Waals surface area contributed by atoms with Gasteiger partial charge in [0.25, 0.3) is 5.91 Å². The minimum atomic E-state index is -4.23. The zero-order chi connectivity index (χ0) is 19.3. The van der Waals surface area contributed by atoms with E-state index < -0.39 is 18.6 Å². The van der Waals surface area contributed by atoms with E-state index in [-0.39, 0.29) is 18.8 Å². The van der Waals surface area contributed by atoms with Crippen molar-refractivity contribution in [3.05, 3.63) is 40.7 Å². The van der Waals surface area contributed by atoms with Gasteiger partial charge in [0.15, 0.2) is 5.69 Å². The number of aromatic nitrogens is 3. The first-order chi connectivity index (χ1) is 12.2. The SMILES string of the molecule is Cc1c(C(=O)NCCCN(C)CC(F)(F)F)nnn1-c1cccc(Cl)c1. The first-order valence-corrected chi connectivity index (χ1v) is 8.27. The summed E-state index contributed by atoms with van der Waals surface area (Å²) in [7, 11) is 1.38. The maximum Gasteiger partial charge on any atom is 0.401 e. The Hall–Kier alpha value is -2.13. The second kappa shape index (κ2) is 8.50. The fourth-order valence-corrected chi connectivity index (χ4v) is 2.60. The maximum atomic E-state index is 12.2. The number of rotatable bonds is 7. The van der Waals surface area contributed by atoms with Crippen LogP contribution in [0.25, 0.3) is 5.69 Å². The standard InChI is InChI=1S/C16H19ClF3N5O/c1-11-14(22-23-25(11)13-6-3-5-12(17)9-13)15(26)21-7-4-8-24(2)10-16(18,19)20/h3,5-6,9H,4,7-8,10H2,1-2H3,(H,21,26). The molecule has 26 heavy (non-hydrogen) atoms. The number of nitrogens with zero attached hydrogens (tertiary/aromatic N) is 4. The van der Waals surface area contributed by atoms with Gasteiger partial charge in [-0.25, -0.2) is 4.68 Å². The van der Waals surface area contributed by atoms with Crippen LogP contribution in [-0.4, -0.2) is 58.7 Å². The number of benzene rings is 1. The van der Waals surface area contributed by atoms with Gasteiger partial charge >= 0.3 is 6.18 Å². The molecule has 1 aromatic heterocycles. The first-order valence-electron chi connectivity index (χ1n) is 7.89. The van der Waals surface area contributed by atoms with Gasteiger partial charge in [-0.3, -0.25) is 9.69 Å². The highest BCUT2D eigenvalue weighted by Gasteiger charge is 2.28. The molecule has 0 spiro atoms. The zero-order valence-electron chi connectivity index (χ0n) is 14.3. The summed E-state index contributed by atoms with van der Waals surface area (Å²) in [5, 5.41) is 11.0. The summed E-state index contributed by atoms with van der Waals surface area (Å²) in [6.45, 7) is 1.18. The van der Waals surface area contributed by atoms with E-state index in [0.717, 1.165) is 4.90 Å². The lowest BCUT2D eigenvalue weighted by atomic mass is 10.2. The minimum absolute atomic E-state index is 0.161. The zero-order valence-corrected chi connectivity index (χ0v) is 15.1. The molecule has 1 N–H and O–H groups in total. The Balaban J connectivity index is 1.89.